The smallest absolute Gasteiger partial charge is 0.0939 e. The average Bonchev–Trinajstić information content (AvgIpc) is 2.90. The summed E-state index contributed by atoms with van der Waals surface area (Å²) < 4.78 is 6.75. The fourth-order valence-corrected chi connectivity index (χ4v) is 3.84. The van der Waals surface area contributed by atoms with Crippen molar-refractivity contribution in [3.8, 4) is 0 Å². The lowest BCUT2D eigenvalue weighted by atomic mass is 10.1. The predicted octanol–water partition coefficient (Wildman–Crippen LogP) is 3.18. The molecule has 0 saturated carbocycles. The van der Waals surface area contributed by atoms with Crippen LogP contribution in [0.25, 0.3) is 10.2 Å². The Bertz CT molecular complexity index is 548. The third kappa shape index (κ3) is 3.03. The molecular formula is C16H22N2OS. The summed E-state index contributed by atoms with van der Waals surface area (Å²) in [7, 11) is 0. The molecule has 1 aliphatic rings. The van der Waals surface area contributed by atoms with E-state index in [4.69, 9.17) is 9.72 Å². The first-order valence-corrected chi connectivity index (χ1v) is 8.21. The van der Waals surface area contributed by atoms with Crippen molar-refractivity contribution in [2.24, 2.45) is 0 Å². The van der Waals surface area contributed by atoms with Crippen LogP contribution in [0.5, 0.6) is 0 Å². The molecule has 1 saturated heterocycles. The largest absolute Gasteiger partial charge is 0.379 e. The maximum atomic E-state index is 5.38. The Hall–Kier alpha value is -0.970. The summed E-state index contributed by atoms with van der Waals surface area (Å²) in [5.74, 6) is 0. The highest BCUT2D eigenvalue weighted by molar-refractivity contribution is 7.18. The van der Waals surface area contributed by atoms with E-state index in [9.17, 15) is 0 Å². The van der Waals surface area contributed by atoms with Crippen LogP contribution in [0.3, 0.4) is 0 Å². The summed E-state index contributed by atoms with van der Waals surface area (Å²) >= 11 is 1.87. The highest BCUT2D eigenvalue weighted by Crippen LogP contribution is 2.28. The lowest BCUT2D eigenvalue weighted by molar-refractivity contribution is 0.0375. The zero-order valence-electron chi connectivity index (χ0n) is 12.3. The van der Waals surface area contributed by atoms with E-state index in [1.54, 1.807) is 0 Å². The number of hydrogen-bond donors (Lipinski definition) is 0. The van der Waals surface area contributed by atoms with Gasteiger partial charge in [-0.2, -0.15) is 0 Å². The van der Waals surface area contributed by atoms with Crippen molar-refractivity contribution in [3.63, 3.8) is 0 Å². The van der Waals surface area contributed by atoms with Gasteiger partial charge in [0, 0.05) is 19.5 Å². The minimum Gasteiger partial charge on any atom is -0.379 e. The zero-order chi connectivity index (χ0) is 13.9. The molecule has 0 N–H and O–H groups in total. The first-order chi connectivity index (χ1) is 9.74. The van der Waals surface area contributed by atoms with E-state index >= 15 is 0 Å². The molecule has 3 rings (SSSR count). The van der Waals surface area contributed by atoms with Gasteiger partial charge in [0.25, 0.3) is 0 Å². The van der Waals surface area contributed by atoms with Crippen molar-refractivity contribution in [2.75, 3.05) is 32.8 Å². The number of benzene rings is 1. The number of aryl methyl sites for hydroxylation is 3. The van der Waals surface area contributed by atoms with Crippen molar-refractivity contribution in [3.05, 3.63) is 28.3 Å². The third-order valence-corrected chi connectivity index (χ3v) is 5.21. The van der Waals surface area contributed by atoms with Crippen molar-refractivity contribution in [1.29, 1.82) is 0 Å². The Morgan fingerprint density at radius 1 is 1.20 bits per heavy atom. The maximum absolute atomic E-state index is 5.38. The second-order valence-corrected chi connectivity index (χ2v) is 6.63. The van der Waals surface area contributed by atoms with Gasteiger partial charge in [-0.1, -0.05) is 12.1 Å². The minimum absolute atomic E-state index is 0.888. The molecule has 3 nitrogen and oxygen atoms in total. The molecule has 0 radical (unpaired) electrons. The Balaban J connectivity index is 1.63. The second kappa shape index (κ2) is 6.20. The molecule has 2 heterocycles. The molecule has 1 aromatic heterocycles. The van der Waals surface area contributed by atoms with Crippen LogP contribution in [0.1, 0.15) is 22.6 Å². The van der Waals surface area contributed by atoms with Crippen molar-refractivity contribution >= 4 is 21.6 Å². The number of rotatable bonds is 4. The molecule has 1 fully saturated rings. The van der Waals surface area contributed by atoms with Crippen LogP contribution >= 0.6 is 11.3 Å². The van der Waals surface area contributed by atoms with Gasteiger partial charge in [-0.05, 0) is 37.9 Å². The topological polar surface area (TPSA) is 25.4 Å². The lowest BCUT2D eigenvalue weighted by Crippen LogP contribution is -2.36. The fourth-order valence-electron chi connectivity index (χ4n) is 2.69. The summed E-state index contributed by atoms with van der Waals surface area (Å²) in [6.07, 6.45) is 2.29. The van der Waals surface area contributed by atoms with Crippen LogP contribution in [-0.4, -0.2) is 42.7 Å². The first kappa shape index (κ1) is 14.0. The lowest BCUT2D eigenvalue weighted by Gasteiger charge is -2.26. The SMILES string of the molecule is Cc1ccc(C)c2sc(CCCN3CCOCC3)nc12. The average molecular weight is 290 g/mol. The van der Waals surface area contributed by atoms with E-state index in [2.05, 4.69) is 30.9 Å². The van der Waals surface area contributed by atoms with Crippen LogP contribution < -0.4 is 0 Å². The van der Waals surface area contributed by atoms with Gasteiger partial charge >= 0.3 is 0 Å². The summed E-state index contributed by atoms with van der Waals surface area (Å²) in [6.45, 7) is 9.43. The molecule has 0 atom stereocenters. The molecule has 108 valence electrons. The summed E-state index contributed by atoms with van der Waals surface area (Å²) in [5.41, 5.74) is 3.85. The number of ether oxygens (including phenoxy) is 1. The summed E-state index contributed by atoms with van der Waals surface area (Å²) in [4.78, 5) is 7.32. The molecule has 0 amide bonds. The summed E-state index contributed by atoms with van der Waals surface area (Å²) in [6, 6.07) is 4.38. The molecule has 0 bridgehead atoms. The molecule has 1 aliphatic heterocycles. The molecule has 0 aliphatic carbocycles. The van der Waals surface area contributed by atoms with Crippen LogP contribution in [0.15, 0.2) is 12.1 Å². The van der Waals surface area contributed by atoms with E-state index in [-0.39, 0.29) is 0 Å². The molecule has 1 aromatic carbocycles. The number of thiazole rings is 1. The second-order valence-electron chi connectivity index (χ2n) is 5.54. The molecule has 2 aromatic rings. The van der Waals surface area contributed by atoms with Gasteiger partial charge in [0.1, 0.15) is 0 Å². The van der Waals surface area contributed by atoms with Crippen LogP contribution in [0, 0.1) is 13.8 Å². The van der Waals surface area contributed by atoms with Crippen LogP contribution in [0.2, 0.25) is 0 Å². The van der Waals surface area contributed by atoms with Gasteiger partial charge in [0.2, 0.25) is 0 Å². The van der Waals surface area contributed by atoms with Gasteiger partial charge in [-0.3, -0.25) is 4.90 Å². The molecule has 0 unspecified atom stereocenters. The standard InChI is InChI=1S/C16H22N2OS/c1-12-5-6-13(2)16-15(12)17-14(20-16)4-3-7-18-8-10-19-11-9-18/h5-6H,3-4,7-11H2,1-2H3. The number of fused-ring (bicyclic) bond motifs is 1. The van der Waals surface area contributed by atoms with E-state index in [0.717, 1.165) is 39.3 Å². The quantitative estimate of drug-likeness (QED) is 0.865. The van der Waals surface area contributed by atoms with Gasteiger partial charge in [0.15, 0.2) is 0 Å². The molecular weight excluding hydrogens is 268 g/mol. The number of morpholine rings is 1. The van der Waals surface area contributed by atoms with E-state index in [1.807, 2.05) is 11.3 Å². The molecule has 4 heteroatoms. The first-order valence-electron chi connectivity index (χ1n) is 7.40. The number of nitrogens with zero attached hydrogens (tertiary/aromatic N) is 2. The van der Waals surface area contributed by atoms with Crippen molar-refractivity contribution in [2.45, 2.75) is 26.7 Å². The molecule has 20 heavy (non-hydrogen) atoms. The Morgan fingerprint density at radius 3 is 2.70 bits per heavy atom. The van der Waals surface area contributed by atoms with Gasteiger partial charge in [-0.25, -0.2) is 4.98 Å². The van der Waals surface area contributed by atoms with Crippen LogP contribution in [-0.2, 0) is 11.2 Å². The normalized spacial score (nSPS) is 16.9. The Kier molecular flexibility index (Phi) is 4.34. The Morgan fingerprint density at radius 2 is 1.95 bits per heavy atom. The van der Waals surface area contributed by atoms with Gasteiger partial charge in [0.05, 0.1) is 28.4 Å². The van der Waals surface area contributed by atoms with Gasteiger partial charge < -0.3 is 4.74 Å². The fraction of sp³-hybridized carbons (Fsp3) is 0.562. The van der Waals surface area contributed by atoms with Crippen LogP contribution in [0.4, 0.5) is 0 Å². The third-order valence-electron chi connectivity index (χ3n) is 3.96. The number of hydrogen-bond acceptors (Lipinski definition) is 4. The van der Waals surface area contributed by atoms with Crippen molar-refractivity contribution < 1.29 is 4.74 Å². The van der Waals surface area contributed by atoms with E-state index in [1.165, 1.54) is 32.8 Å². The minimum atomic E-state index is 0.888. The predicted molar refractivity (Wildman–Crippen MR) is 84.7 cm³/mol. The highest BCUT2D eigenvalue weighted by Gasteiger charge is 2.11. The maximum Gasteiger partial charge on any atom is 0.0939 e. The highest BCUT2D eigenvalue weighted by atomic mass is 32.1. The zero-order valence-corrected chi connectivity index (χ0v) is 13.1. The van der Waals surface area contributed by atoms with E-state index < -0.39 is 0 Å². The van der Waals surface area contributed by atoms with E-state index in [0.29, 0.717) is 0 Å². The Labute approximate surface area is 124 Å². The monoisotopic (exact) mass is 290 g/mol. The molecule has 0 spiro atoms. The number of aromatic nitrogens is 1. The summed E-state index contributed by atoms with van der Waals surface area (Å²) in [5, 5.41) is 1.28. The van der Waals surface area contributed by atoms with Crippen molar-refractivity contribution in [1.82, 2.24) is 9.88 Å². The van der Waals surface area contributed by atoms with Gasteiger partial charge in [-0.15, -0.1) is 11.3 Å².